The van der Waals surface area contributed by atoms with Crippen molar-refractivity contribution in [3.8, 4) is 5.75 Å². The lowest BCUT2D eigenvalue weighted by atomic mass is 10.1. The summed E-state index contributed by atoms with van der Waals surface area (Å²) < 4.78 is 5.73. The normalized spacial score (nSPS) is 11.8. The van der Waals surface area contributed by atoms with E-state index in [0.717, 1.165) is 16.9 Å². The van der Waals surface area contributed by atoms with E-state index in [2.05, 4.69) is 5.32 Å². The number of aryl methyl sites for hydroxylation is 1. The van der Waals surface area contributed by atoms with Gasteiger partial charge in [0.15, 0.2) is 0 Å². The fraction of sp³-hybridized carbons (Fsp3) is 0.440. The summed E-state index contributed by atoms with van der Waals surface area (Å²) >= 11 is 12.3. The first kappa shape index (κ1) is 26.0. The van der Waals surface area contributed by atoms with Crippen LogP contribution in [0.1, 0.15) is 44.7 Å². The van der Waals surface area contributed by atoms with Gasteiger partial charge in [0.05, 0.1) is 6.61 Å². The molecule has 7 heteroatoms. The number of nitrogens with one attached hydrogen (secondary N) is 1. The van der Waals surface area contributed by atoms with Crippen LogP contribution >= 0.6 is 23.2 Å². The van der Waals surface area contributed by atoms with Crippen LogP contribution < -0.4 is 10.1 Å². The van der Waals surface area contributed by atoms with E-state index in [-0.39, 0.29) is 24.8 Å². The molecule has 174 valence electrons. The molecule has 0 aliphatic heterocycles. The molecule has 1 N–H and O–H groups in total. The lowest BCUT2D eigenvalue weighted by Gasteiger charge is -2.29. The van der Waals surface area contributed by atoms with Gasteiger partial charge in [-0.25, -0.2) is 0 Å². The maximum atomic E-state index is 13.1. The molecule has 0 unspecified atom stereocenters. The van der Waals surface area contributed by atoms with Crippen LogP contribution in [-0.2, 0) is 16.1 Å². The van der Waals surface area contributed by atoms with Crippen LogP contribution in [0.15, 0.2) is 42.5 Å². The number of hydrogen-bond donors (Lipinski definition) is 1. The van der Waals surface area contributed by atoms with Crippen molar-refractivity contribution in [3.05, 3.63) is 63.6 Å². The molecule has 0 bridgehead atoms. The average molecular weight is 479 g/mol. The molecule has 0 fully saturated rings. The van der Waals surface area contributed by atoms with Crippen LogP contribution in [0.25, 0.3) is 0 Å². The fourth-order valence-corrected chi connectivity index (χ4v) is 3.53. The predicted octanol–water partition coefficient (Wildman–Crippen LogP) is 5.65. The molecule has 2 aromatic rings. The molecule has 2 rings (SSSR count). The van der Waals surface area contributed by atoms with Crippen molar-refractivity contribution < 1.29 is 14.3 Å². The van der Waals surface area contributed by atoms with Crippen molar-refractivity contribution in [1.29, 1.82) is 0 Å². The Bertz CT molecular complexity index is 901. The van der Waals surface area contributed by atoms with E-state index in [9.17, 15) is 9.59 Å². The van der Waals surface area contributed by atoms with Crippen molar-refractivity contribution in [3.63, 3.8) is 0 Å². The van der Waals surface area contributed by atoms with Gasteiger partial charge in [-0.3, -0.25) is 9.59 Å². The molecule has 0 spiro atoms. The summed E-state index contributed by atoms with van der Waals surface area (Å²) in [6, 6.07) is 12.3. The van der Waals surface area contributed by atoms with E-state index in [1.807, 2.05) is 45.0 Å². The third kappa shape index (κ3) is 8.36. The summed E-state index contributed by atoms with van der Waals surface area (Å²) in [7, 11) is 0. The van der Waals surface area contributed by atoms with Crippen LogP contribution in [0, 0.1) is 12.8 Å². The lowest BCUT2D eigenvalue weighted by Crippen LogP contribution is -2.48. The number of rotatable bonds is 11. The highest BCUT2D eigenvalue weighted by Crippen LogP contribution is 2.23. The fourth-order valence-electron chi connectivity index (χ4n) is 3.06. The molecule has 5 nitrogen and oxygen atoms in total. The molecule has 32 heavy (non-hydrogen) atoms. The maximum Gasteiger partial charge on any atom is 0.242 e. The van der Waals surface area contributed by atoms with Gasteiger partial charge in [0, 0.05) is 29.6 Å². The molecule has 2 amide bonds. The van der Waals surface area contributed by atoms with Crippen molar-refractivity contribution >= 4 is 35.0 Å². The van der Waals surface area contributed by atoms with Crippen LogP contribution in [0.5, 0.6) is 5.75 Å². The second-order valence-corrected chi connectivity index (χ2v) is 9.18. The standard InChI is InChI=1S/C25H32Cl2N2O3/c1-17(2)15-28-25(31)19(4)29(16-20-9-10-21(26)14-23(20)27)24(30)6-5-13-32-22-11-7-18(3)8-12-22/h7-12,14,17,19H,5-6,13,15-16H2,1-4H3,(H,28,31)/t19-/m1/s1. The highest BCUT2D eigenvalue weighted by Gasteiger charge is 2.26. The zero-order chi connectivity index (χ0) is 23.7. The first-order valence-electron chi connectivity index (χ1n) is 10.9. The number of amides is 2. The average Bonchev–Trinajstić information content (AvgIpc) is 2.75. The molecule has 0 saturated carbocycles. The zero-order valence-electron chi connectivity index (χ0n) is 19.2. The molecule has 0 radical (unpaired) electrons. The molecule has 0 aliphatic rings. The smallest absolute Gasteiger partial charge is 0.242 e. The second-order valence-electron chi connectivity index (χ2n) is 8.34. The van der Waals surface area contributed by atoms with E-state index in [1.165, 1.54) is 0 Å². The van der Waals surface area contributed by atoms with E-state index in [1.54, 1.807) is 30.0 Å². The Hall–Kier alpha value is -2.24. The topological polar surface area (TPSA) is 58.6 Å². The van der Waals surface area contributed by atoms with E-state index in [4.69, 9.17) is 27.9 Å². The SMILES string of the molecule is Cc1ccc(OCCCC(=O)N(Cc2ccc(Cl)cc2Cl)[C@H](C)C(=O)NCC(C)C)cc1. The highest BCUT2D eigenvalue weighted by atomic mass is 35.5. The minimum absolute atomic E-state index is 0.129. The number of hydrogen-bond acceptors (Lipinski definition) is 3. The Labute approximate surface area is 201 Å². The number of benzene rings is 2. The van der Waals surface area contributed by atoms with Gasteiger partial charge in [-0.1, -0.05) is 60.8 Å². The molecule has 1 atom stereocenters. The molecular weight excluding hydrogens is 447 g/mol. The third-order valence-electron chi connectivity index (χ3n) is 5.03. The number of nitrogens with zero attached hydrogens (tertiary/aromatic N) is 1. The summed E-state index contributed by atoms with van der Waals surface area (Å²) in [5.41, 5.74) is 1.90. The minimum atomic E-state index is -0.633. The van der Waals surface area contributed by atoms with Crippen LogP contribution in [0.2, 0.25) is 10.0 Å². The number of carbonyl (C=O) groups is 2. The van der Waals surface area contributed by atoms with E-state index in [0.29, 0.717) is 35.5 Å². The van der Waals surface area contributed by atoms with Crippen molar-refractivity contribution in [2.24, 2.45) is 5.92 Å². The molecule has 0 aliphatic carbocycles. The summed E-state index contributed by atoms with van der Waals surface area (Å²) in [5, 5.41) is 3.89. The van der Waals surface area contributed by atoms with E-state index < -0.39 is 6.04 Å². The Balaban J connectivity index is 2.03. The second kappa shape index (κ2) is 12.7. The van der Waals surface area contributed by atoms with Gasteiger partial charge >= 0.3 is 0 Å². The molecule has 0 heterocycles. The van der Waals surface area contributed by atoms with Gasteiger partial charge in [0.25, 0.3) is 0 Å². The molecular formula is C25H32Cl2N2O3. The lowest BCUT2D eigenvalue weighted by molar-refractivity contribution is -0.140. The van der Waals surface area contributed by atoms with Crippen molar-refractivity contribution in [1.82, 2.24) is 10.2 Å². The first-order chi connectivity index (χ1) is 15.2. The molecule has 0 saturated heterocycles. The Kier molecular flexibility index (Phi) is 10.3. The third-order valence-corrected chi connectivity index (χ3v) is 5.62. The Morgan fingerprint density at radius 2 is 1.75 bits per heavy atom. The summed E-state index contributed by atoms with van der Waals surface area (Å²) in [5.74, 6) is 0.776. The Morgan fingerprint density at radius 1 is 1.06 bits per heavy atom. The first-order valence-corrected chi connectivity index (χ1v) is 11.6. The van der Waals surface area contributed by atoms with Crippen LogP contribution in [0.3, 0.4) is 0 Å². The van der Waals surface area contributed by atoms with Gasteiger partial charge in [-0.15, -0.1) is 0 Å². The van der Waals surface area contributed by atoms with Gasteiger partial charge in [0.2, 0.25) is 11.8 Å². The molecule has 2 aromatic carbocycles. The van der Waals surface area contributed by atoms with Crippen molar-refractivity contribution in [2.45, 2.75) is 53.1 Å². The number of halogens is 2. The summed E-state index contributed by atoms with van der Waals surface area (Å²) in [6.45, 7) is 8.99. The Morgan fingerprint density at radius 3 is 2.38 bits per heavy atom. The number of carbonyl (C=O) groups excluding carboxylic acids is 2. The highest BCUT2D eigenvalue weighted by molar-refractivity contribution is 6.35. The predicted molar refractivity (Wildman–Crippen MR) is 130 cm³/mol. The quantitative estimate of drug-likeness (QED) is 0.424. The summed E-state index contributed by atoms with van der Waals surface area (Å²) in [4.78, 5) is 27.3. The van der Waals surface area contributed by atoms with Crippen LogP contribution in [0.4, 0.5) is 0 Å². The summed E-state index contributed by atoms with van der Waals surface area (Å²) in [6.07, 6.45) is 0.802. The van der Waals surface area contributed by atoms with Gasteiger partial charge in [0.1, 0.15) is 11.8 Å². The zero-order valence-corrected chi connectivity index (χ0v) is 20.7. The largest absolute Gasteiger partial charge is 0.494 e. The maximum absolute atomic E-state index is 13.1. The van der Waals surface area contributed by atoms with Crippen molar-refractivity contribution in [2.75, 3.05) is 13.2 Å². The van der Waals surface area contributed by atoms with Gasteiger partial charge < -0.3 is 15.0 Å². The van der Waals surface area contributed by atoms with Gasteiger partial charge in [-0.2, -0.15) is 0 Å². The number of ether oxygens (including phenoxy) is 1. The monoisotopic (exact) mass is 478 g/mol. The van der Waals surface area contributed by atoms with Gasteiger partial charge in [-0.05, 0) is 56.0 Å². The van der Waals surface area contributed by atoms with Crippen LogP contribution in [-0.4, -0.2) is 35.9 Å². The molecule has 0 aromatic heterocycles. The minimum Gasteiger partial charge on any atom is -0.494 e. The van der Waals surface area contributed by atoms with E-state index >= 15 is 0 Å².